The highest BCUT2D eigenvalue weighted by atomic mass is 16.6. The van der Waals surface area contributed by atoms with E-state index in [0.29, 0.717) is 12.2 Å². The van der Waals surface area contributed by atoms with Crippen LogP contribution in [-0.4, -0.2) is 15.1 Å². The Morgan fingerprint density at radius 1 is 1.05 bits per heavy atom. The number of hydrogen-bond donors (Lipinski definition) is 3. The first-order valence-electron chi connectivity index (χ1n) is 5.55. The Morgan fingerprint density at radius 3 is 2.32 bits per heavy atom. The number of rotatable bonds is 4. The number of phenols is 2. The molecule has 19 heavy (non-hydrogen) atoms. The third kappa shape index (κ3) is 3.12. The first kappa shape index (κ1) is 12.7. The summed E-state index contributed by atoms with van der Waals surface area (Å²) in [5.74, 6) is 0.0150. The summed E-state index contributed by atoms with van der Waals surface area (Å²) in [5.41, 5.74) is 1.02. The van der Waals surface area contributed by atoms with E-state index < -0.39 is 4.92 Å². The van der Waals surface area contributed by atoms with Gasteiger partial charge in [0.25, 0.3) is 5.69 Å². The Hall–Kier alpha value is -2.76. The van der Waals surface area contributed by atoms with Crippen molar-refractivity contribution in [3.05, 3.63) is 58.1 Å². The molecule has 6 nitrogen and oxygen atoms in total. The summed E-state index contributed by atoms with van der Waals surface area (Å²) in [6, 6.07) is 10.5. The maximum absolute atomic E-state index is 10.9. The monoisotopic (exact) mass is 260 g/mol. The molecule has 6 heteroatoms. The fraction of sp³-hybridized carbons (Fsp3) is 0.0769. The normalized spacial score (nSPS) is 10.1. The Labute approximate surface area is 109 Å². The lowest BCUT2D eigenvalue weighted by Gasteiger charge is -2.07. The van der Waals surface area contributed by atoms with Crippen molar-refractivity contribution in [1.29, 1.82) is 0 Å². The number of benzene rings is 2. The van der Waals surface area contributed by atoms with Gasteiger partial charge in [0, 0.05) is 6.54 Å². The molecule has 2 aromatic rings. The van der Waals surface area contributed by atoms with E-state index in [0.717, 1.165) is 11.6 Å². The number of anilines is 1. The van der Waals surface area contributed by atoms with Crippen LogP contribution in [0.1, 0.15) is 5.56 Å². The number of aromatic hydroxyl groups is 2. The van der Waals surface area contributed by atoms with E-state index in [2.05, 4.69) is 5.32 Å². The lowest BCUT2D eigenvalue weighted by molar-refractivity contribution is -0.384. The van der Waals surface area contributed by atoms with Crippen molar-refractivity contribution in [3.8, 4) is 11.5 Å². The average Bonchev–Trinajstić information content (AvgIpc) is 2.39. The summed E-state index contributed by atoms with van der Waals surface area (Å²) in [4.78, 5) is 10.3. The largest absolute Gasteiger partial charge is 0.508 e. The molecular formula is C13H12N2O4. The first-order chi connectivity index (χ1) is 9.06. The van der Waals surface area contributed by atoms with Gasteiger partial charge in [-0.05, 0) is 29.8 Å². The minimum atomic E-state index is -0.557. The Kier molecular flexibility index (Phi) is 3.51. The minimum absolute atomic E-state index is 0.151. The fourth-order valence-electron chi connectivity index (χ4n) is 1.63. The smallest absolute Gasteiger partial charge is 0.296 e. The molecule has 0 spiro atoms. The molecule has 0 heterocycles. The molecule has 0 aliphatic carbocycles. The molecule has 0 aromatic heterocycles. The van der Waals surface area contributed by atoms with Crippen LogP contribution in [0.5, 0.6) is 11.5 Å². The van der Waals surface area contributed by atoms with E-state index >= 15 is 0 Å². The molecular weight excluding hydrogens is 248 g/mol. The zero-order chi connectivity index (χ0) is 13.8. The van der Waals surface area contributed by atoms with E-state index in [1.54, 1.807) is 24.3 Å². The van der Waals surface area contributed by atoms with Crippen molar-refractivity contribution in [2.45, 2.75) is 6.54 Å². The van der Waals surface area contributed by atoms with Crippen LogP contribution in [0.25, 0.3) is 0 Å². The number of nitrogens with one attached hydrogen (secondary N) is 1. The number of hydrogen-bond acceptors (Lipinski definition) is 5. The summed E-state index contributed by atoms with van der Waals surface area (Å²) in [5, 5.41) is 32.2. The molecule has 0 aliphatic rings. The van der Waals surface area contributed by atoms with Crippen LogP contribution in [0, 0.1) is 10.1 Å². The summed E-state index contributed by atoms with van der Waals surface area (Å²) >= 11 is 0. The second-order valence-electron chi connectivity index (χ2n) is 3.98. The van der Waals surface area contributed by atoms with Crippen LogP contribution >= 0.6 is 0 Å². The van der Waals surface area contributed by atoms with Crippen LogP contribution in [0.4, 0.5) is 11.4 Å². The van der Waals surface area contributed by atoms with Gasteiger partial charge in [-0.15, -0.1) is 0 Å². The summed E-state index contributed by atoms with van der Waals surface area (Å²) in [6.07, 6.45) is 0. The van der Waals surface area contributed by atoms with Gasteiger partial charge in [0.15, 0.2) is 0 Å². The van der Waals surface area contributed by atoms with Crippen LogP contribution in [0.15, 0.2) is 42.5 Å². The van der Waals surface area contributed by atoms with E-state index in [4.69, 9.17) is 5.11 Å². The van der Waals surface area contributed by atoms with Crippen molar-refractivity contribution in [1.82, 2.24) is 0 Å². The molecule has 98 valence electrons. The maximum atomic E-state index is 10.9. The SMILES string of the molecule is O=[N+]([O-])c1cc(O)ccc1NCc1ccc(O)cc1. The van der Waals surface area contributed by atoms with Gasteiger partial charge in [0.1, 0.15) is 17.2 Å². The van der Waals surface area contributed by atoms with E-state index in [9.17, 15) is 15.2 Å². The Morgan fingerprint density at radius 2 is 1.68 bits per heavy atom. The summed E-state index contributed by atoms with van der Waals surface area (Å²) < 4.78 is 0. The zero-order valence-electron chi connectivity index (χ0n) is 9.91. The van der Waals surface area contributed by atoms with Crippen LogP contribution < -0.4 is 5.32 Å². The van der Waals surface area contributed by atoms with E-state index in [1.165, 1.54) is 12.1 Å². The highest BCUT2D eigenvalue weighted by Gasteiger charge is 2.14. The maximum Gasteiger partial charge on any atom is 0.296 e. The van der Waals surface area contributed by atoms with Gasteiger partial charge in [-0.3, -0.25) is 10.1 Å². The first-order valence-corrected chi connectivity index (χ1v) is 5.55. The van der Waals surface area contributed by atoms with E-state index in [1.807, 2.05) is 0 Å². The average molecular weight is 260 g/mol. The Balaban J connectivity index is 2.15. The highest BCUT2D eigenvalue weighted by molar-refractivity contribution is 5.63. The quantitative estimate of drug-likeness (QED) is 0.446. The highest BCUT2D eigenvalue weighted by Crippen LogP contribution is 2.28. The number of phenolic OH excluding ortho intramolecular Hbond substituents is 2. The predicted octanol–water partition coefficient (Wildman–Crippen LogP) is 2.62. The van der Waals surface area contributed by atoms with E-state index in [-0.39, 0.29) is 17.2 Å². The number of nitro benzene ring substituents is 1. The van der Waals surface area contributed by atoms with Crippen molar-refractivity contribution >= 4 is 11.4 Å². The molecule has 0 atom stereocenters. The van der Waals surface area contributed by atoms with Crippen molar-refractivity contribution in [2.24, 2.45) is 0 Å². The standard InChI is InChI=1S/C13H12N2O4/c16-10-3-1-9(2-4-10)8-14-12-6-5-11(17)7-13(12)15(18)19/h1-7,14,16-17H,8H2. The van der Waals surface area contributed by atoms with Gasteiger partial charge in [-0.1, -0.05) is 12.1 Å². The van der Waals surface area contributed by atoms with Crippen molar-refractivity contribution < 1.29 is 15.1 Å². The Bertz CT molecular complexity index is 596. The third-order valence-corrected chi connectivity index (χ3v) is 2.60. The molecule has 0 saturated heterocycles. The second-order valence-corrected chi connectivity index (χ2v) is 3.98. The van der Waals surface area contributed by atoms with Crippen LogP contribution in [-0.2, 0) is 6.54 Å². The summed E-state index contributed by atoms with van der Waals surface area (Å²) in [6.45, 7) is 0.381. The zero-order valence-corrected chi connectivity index (χ0v) is 9.91. The number of nitro groups is 1. The lowest BCUT2D eigenvalue weighted by atomic mass is 10.2. The molecule has 2 rings (SSSR count). The minimum Gasteiger partial charge on any atom is -0.508 e. The molecule has 0 bridgehead atoms. The molecule has 3 N–H and O–H groups in total. The van der Waals surface area contributed by atoms with Gasteiger partial charge in [0.2, 0.25) is 0 Å². The van der Waals surface area contributed by atoms with Crippen molar-refractivity contribution in [2.75, 3.05) is 5.32 Å². The molecule has 0 aliphatic heterocycles. The molecule has 0 amide bonds. The molecule has 0 unspecified atom stereocenters. The molecule has 2 aromatic carbocycles. The van der Waals surface area contributed by atoms with Gasteiger partial charge >= 0.3 is 0 Å². The van der Waals surface area contributed by atoms with Gasteiger partial charge in [0.05, 0.1) is 11.0 Å². The summed E-state index contributed by atoms with van der Waals surface area (Å²) in [7, 11) is 0. The number of nitrogens with zero attached hydrogens (tertiary/aromatic N) is 1. The molecule has 0 radical (unpaired) electrons. The van der Waals surface area contributed by atoms with Gasteiger partial charge < -0.3 is 15.5 Å². The predicted molar refractivity (Wildman–Crippen MR) is 70.2 cm³/mol. The van der Waals surface area contributed by atoms with Gasteiger partial charge in [-0.25, -0.2) is 0 Å². The third-order valence-electron chi connectivity index (χ3n) is 2.60. The van der Waals surface area contributed by atoms with Gasteiger partial charge in [-0.2, -0.15) is 0 Å². The van der Waals surface area contributed by atoms with Crippen LogP contribution in [0.3, 0.4) is 0 Å². The van der Waals surface area contributed by atoms with Crippen molar-refractivity contribution in [3.63, 3.8) is 0 Å². The fourth-order valence-corrected chi connectivity index (χ4v) is 1.63. The second kappa shape index (κ2) is 5.26. The van der Waals surface area contributed by atoms with Crippen LogP contribution in [0.2, 0.25) is 0 Å². The molecule has 0 fully saturated rings. The topological polar surface area (TPSA) is 95.6 Å². The molecule has 0 saturated carbocycles. The lowest BCUT2D eigenvalue weighted by Crippen LogP contribution is -2.02.